The van der Waals surface area contributed by atoms with Gasteiger partial charge >= 0.3 is 0 Å². The first kappa shape index (κ1) is 13.3. The van der Waals surface area contributed by atoms with E-state index in [2.05, 4.69) is 18.7 Å². The monoisotopic (exact) mass is 251 g/mol. The molecule has 18 heavy (non-hydrogen) atoms. The quantitative estimate of drug-likeness (QED) is 0.885. The van der Waals surface area contributed by atoms with Crippen molar-refractivity contribution in [2.45, 2.75) is 39.2 Å². The number of likely N-dealkylation sites (tertiary alicyclic amines) is 1. The number of piperidine rings is 1. The lowest BCUT2D eigenvalue weighted by Gasteiger charge is -2.36. The number of phenols is 1. The van der Waals surface area contributed by atoms with Crippen LogP contribution in [0.15, 0.2) is 18.2 Å². The minimum atomic E-state index is -0.381. The Bertz CT molecular complexity index is 399. The van der Waals surface area contributed by atoms with Crippen LogP contribution < -0.4 is 0 Å². The number of phenolic OH excluding ortho intramolecular Hbond substituents is 1. The van der Waals surface area contributed by atoms with E-state index in [4.69, 9.17) is 0 Å². The van der Waals surface area contributed by atoms with Crippen molar-refractivity contribution < 1.29 is 9.50 Å². The minimum Gasteiger partial charge on any atom is -0.508 e. The first-order chi connectivity index (χ1) is 8.61. The molecule has 1 aromatic carbocycles. The Hall–Kier alpha value is -1.09. The molecule has 0 bridgehead atoms. The first-order valence-corrected chi connectivity index (χ1v) is 6.84. The predicted octanol–water partition coefficient (Wildman–Crippen LogP) is 3.71. The van der Waals surface area contributed by atoms with Gasteiger partial charge in [-0.3, -0.25) is 4.90 Å². The lowest BCUT2D eigenvalue weighted by atomic mass is 9.92. The fourth-order valence-electron chi connectivity index (χ4n) is 2.82. The summed E-state index contributed by atoms with van der Waals surface area (Å²) in [5.74, 6) is 0.531. The zero-order valence-corrected chi connectivity index (χ0v) is 11.2. The second kappa shape index (κ2) is 5.70. The maximum atomic E-state index is 13.0. The van der Waals surface area contributed by atoms with Gasteiger partial charge in [0.25, 0.3) is 0 Å². The van der Waals surface area contributed by atoms with Gasteiger partial charge in [0.05, 0.1) is 0 Å². The van der Waals surface area contributed by atoms with Crippen LogP contribution in [-0.4, -0.2) is 23.1 Å². The standard InChI is InChI=1S/C15H22FNO/c1-3-12-6-8-17(9-7-12)11(2)14-5-4-13(16)10-15(14)18/h4-5,10-12,18H,3,6-9H2,1-2H3. The van der Waals surface area contributed by atoms with Crippen molar-refractivity contribution in [2.24, 2.45) is 5.92 Å². The molecule has 0 aliphatic carbocycles. The van der Waals surface area contributed by atoms with Crippen molar-refractivity contribution in [3.63, 3.8) is 0 Å². The first-order valence-electron chi connectivity index (χ1n) is 6.84. The van der Waals surface area contributed by atoms with E-state index in [1.54, 1.807) is 6.07 Å². The van der Waals surface area contributed by atoms with E-state index >= 15 is 0 Å². The smallest absolute Gasteiger partial charge is 0.126 e. The lowest BCUT2D eigenvalue weighted by molar-refractivity contribution is 0.138. The van der Waals surface area contributed by atoms with Gasteiger partial charge in [0.15, 0.2) is 0 Å². The van der Waals surface area contributed by atoms with E-state index in [1.807, 2.05) is 0 Å². The maximum absolute atomic E-state index is 13.0. The summed E-state index contributed by atoms with van der Waals surface area (Å²) in [4.78, 5) is 2.37. The molecule has 1 saturated heterocycles. The molecule has 1 aliphatic heterocycles. The van der Waals surface area contributed by atoms with Gasteiger partial charge < -0.3 is 5.11 Å². The normalized spacial score (nSPS) is 19.9. The SMILES string of the molecule is CCC1CCN(C(C)c2ccc(F)cc2O)CC1. The van der Waals surface area contributed by atoms with E-state index in [-0.39, 0.29) is 17.6 Å². The molecular weight excluding hydrogens is 229 g/mol. The molecule has 0 amide bonds. The summed E-state index contributed by atoms with van der Waals surface area (Å²) in [5.41, 5.74) is 0.825. The Morgan fingerprint density at radius 1 is 1.39 bits per heavy atom. The van der Waals surface area contributed by atoms with Gasteiger partial charge in [-0.15, -0.1) is 0 Å². The average Bonchev–Trinajstić information content (AvgIpc) is 2.38. The molecule has 0 radical (unpaired) electrons. The number of hydrogen-bond acceptors (Lipinski definition) is 2. The molecule has 1 aliphatic rings. The summed E-state index contributed by atoms with van der Waals surface area (Å²) >= 11 is 0. The van der Waals surface area contributed by atoms with Crippen LogP contribution in [0.5, 0.6) is 5.75 Å². The molecular formula is C15H22FNO. The zero-order chi connectivity index (χ0) is 13.1. The second-order valence-corrected chi connectivity index (χ2v) is 5.27. The topological polar surface area (TPSA) is 23.5 Å². The summed E-state index contributed by atoms with van der Waals surface area (Å²) in [6, 6.07) is 4.47. The second-order valence-electron chi connectivity index (χ2n) is 5.27. The molecule has 1 atom stereocenters. The molecule has 2 rings (SSSR count). The Morgan fingerprint density at radius 2 is 2.06 bits per heavy atom. The van der Waals surface area contributed by atoms with Gasteiger partial charge in [-0.25, -0.2) is 4.39 Å². The fraction of sp³-hybridized carbons (Fsp3) is 0.600. The van der Waals surface area contributed by atoms with Gasteiger partial charge in [0.1, 0.15) is 11.6 Å². The third-order valence-corrected chi connectivity index (χ3v) is 4.22. The number of hydrogen-bond donors (Lipinski definition) is 1. The van der Waals surface area contributed by atoms with Gasteiger partial charge in [0, 0.05) is 17.7 Å². The Kier molecular flexibility index (Phi) is 4.23. The van der Waals surface area contributed by atoms with Crippen LogP contribution >= 0.6 is 0 Å². The van der Waals surface area contributed by atoms with E-state index in [0.717, 1.165) is 24.6 Å². The number of rotatable bonds is 3. The van der Waals surface area contributed by atoms with E-state index < -0.39 is 0 Å². The average molecular weight is 251 g/mol. The molecule has 1 unspecified atom stereocenters. The Labute approximate surface area is 108 Å². The Morgan fingerprint density at radius 3 is 2.61 bits per heavy atom. The van der Waals surface area contributed by atoms with Crippen molar-refractivity contribution in [1.29, 1.82) is 0 Å². The van der Waals surface area contributed by atoms with Crippen LogP contribution in [0.25, 0.3) is 0 Å². The van der Waals surface area contributed by atoms with Gasteiger partial charge in [-0.2, -0.15) is 0 Å². The molecule has 1 heterocycles. The minimum absolute atomic E-state index is 0.0696. The van der Waals surface area contributed by atoms with Crippen LogP contribution in [0.4, 0.5) is 4.39 Å². The molecule has 1 aromatic rings. The lowest BCUT2D eigenvalue weighted by Crippen LogP contribution is -2.35. The number of nitrogens with zero attached hydrogens (tertiary/aromatic N) is 1. The highest BCUT2D eigenvalue weighted by Crippen LogP contribution is 2.32. The summed E-state index contributed by atoms with van der Waals surface area (Å²) in [6.45, 7) is 6.46. The zero-order valence-electron chi connectivity index (χ0n) is 11.2. The van der Waals surface area contributed by atoms with Crippen molar-refractivity contribution in [1.82, 2.24) is 4.90 Å². The highest BCUT2D eigenvalue weighted by Gasteiger charge is 2.24. The van der Waals surface area contributed by atoms with Crippen LogP contribution in [0, 0.1) is 11.7 Å². The predicted molar refractivity (Wildman–Crippen MR) is 71.1 cm³/mol. The van der Waals surface area contributed by atoms with E-state index in [9.17, 15) is 9.50 Å². The number of halogens is 1. The molecule has 0 saturated carbocycles. The van der Waals surface area contributed by atoms with Crippen molar-refractivity contribution in [3.05, 3.63) is 29.6 Å². The van der Waals surface area contributed by atoms with Gasteiger partial charge in [0.2, 0.25) is 0 Å². The Balaban J connectivity index is 2.05. The third-order valence-electron chi connectivity index (χ3n) is 4.22. The molecule has 0 aromatic heterocycles. The van der Waals surface area contributed by atoms with Crippen LogP contribution in [0.2, 0.25) is 0 Å². The molecule has 100 valence electrons. The maximum Gasteiger partial charge on any atom is 0.126 e. The van der Waals surface area contributed by atoms with Crippen LogP contribution in [0.1, 0.15) is 44.7 Å². The van der Waals surface area contributed by atoms with E-state index in [1.165, 1.54) is 31.4 Å². The van der Waals surface area contributed by atoms with Crippen molar-refractivity contribution in [3.8, 4) is 5.75 Å². The van der Waals surface area contributed by atoms with Crippen LogP contribution in [-0.2, 0) is 0 Å². The highest BCUT2D eigenvalue weighted by molar-refractivity contribution is 5.35. The van der Waals surface area contributed by atoms with Crippen molar-refractivity contribution in [2.75, 3.05) is 13.1 Å². The molecule has 0 spiro atoms. The van der Waals surface area contributed by atoms with E-state index in [0.29, 0.717) is 0 Å². The summed E-state index contributed by atoms with van der Waals surface area (Å²) in [5, 5.41) is 9.82. The van der Waals surface area contributed by atoms with Gasteiger partial charge in [-0.05, 0) is 44.8 Å². The largest absolute Gasteiger partial charge is 0.508 e. The van der Waals surface area contributed by atoms with Gasteiger partial charge in [-0.1, -0.05) is 19.4 Å². The highest BCUT2D eigenvalue weighted by atomic mass is 19.1. The number of aromatic hydroxyl groups is 1. The summed E-state index contributed by atoms with van der Waals surface area (Å²) < 4.78 is 13.0. The molecule has 3 heteroatoms. The molecule has 2 nitrogen and oxygen atoms in total. The van der Waals surface area contributed by atoms with Crippen molar-refractivity contribution >= 4 is 0 Å². The van der Waals surface area contributed by atoms with Crippen LogP contribution in [0.3, 0.4) is 0 Å². The summed E-state index contributed by atoms with van der Waals surface area (Å²) in [7, 11) is 0. The molecule has 1 N–H and O–H groups in total. The number of benzene rings is 1. The molecule has 1 fully saturated rings. The summed E-state index contributed by atoms with van der Waals surface area (Å²) in [6.07, 6.45) is 3.70. The fourth-order valence-corrected chi connectivity index (χ4v) is 2.82. The third kappa shape index (κ3) is 2.83.